The number of fused-ring (bicyclic) bond motifs is 1. The average Bonchev–Trinajstić information content (AvgIpc) is 3.38. The number of amides is 3. The molecule has 1 aliphatic carbocycles. The number of rotatable bonds is 5. The molecular formula is C18H23N3O3. The van der Waals surface area contributed by atoms with Gasteiger partial charge in [-0.25, -0.2) is 0 Å². The van der Waals surface area contributed by atoms with Crippen LogP contribution in [0.4, 0.5) is 11.4 Å². The third kappa shape index (κ3) is 3.93. The summed E-state index contributed by atoms with van der Waals surface area (Å²) in [5, 5.41) is 5.44. The highest BCUT2D eigenvalue weighted by molar-refractivity contribution is 5.99. The maximum Gasteiger partial charge on any atom is 0.230 e. The number of nitrogens with zero attached hydrogens (tertiary/aromatic N) is 1. The highest BCUT2D eigenvalue weighted by Gasteiger charge is 2.35. The van der Waals surface area contributed by atoms with Crippen LogP contribution in [0.5, 0.6) is 0 Å². The molecule has 0 unspecified atom stereocenters. The molecule has 1 fully saturated rings. The molecule has 6 nitrogen and oxygen atoms in total. The number of hydrogen-bond acceptors (Lipinski definition) is 3. The Kier molecular flexibility index (Phi) is 4.83. The van der Waals surface area contributed by atoms with Crippen molar-refractivity contribution < 1.29 is 14.4 Å². The molecule has 3 rings (SSSR count). The molecule has 24 heavy (non-hydrogen) atoms. The SMILES string of the molecule is CC(=O)NCCC(=O)Nc1ccc2c(c1)N(C(=O)C1CC1)CCC2. The Balaban J connectivity index is 1.67. The lowest BCUT2D eigenvalue weighted by Crippen LogP contribution is -2.36. The number of nitrogens with one attached hydrogen (secondary N) is 2. The highest BCUT2D eigenvalue weighted by atomic mass is 16.2. The van der Waals surface area contributed by atoms with Crippen LogP contribution in [-0.4, -0.2) is 30.8 Å². The van der Waals surface area contributed by atoms with E-state index < -0.39 is 0 Å². The minimum Gasteiger partial charge on any atom is -0.356 e. The van der Waals surface area contributed by atoms with E-state index in [2.05, 4.69) is 10.6 Å². The lowest BCUT2D eigenvalue weighted by molar-refractivity contribution is -0.120. The van der Waals surface area contributed by atoms with Crippen LogP contribution in [0, 0.1) is 5.92 Å². The van der Waals surface area contributed by atoms with Crippen molar-refractivity contribution in [3.8, 4) is 0 Å². The predicted octanol–water partition coefficient (Wildman–Crippen LogP) is 1.84. The summed E-state index contributed by atoms with van der Waals surface area (Å²) < 4.78 is 0. The summed E-state index contributed by atoms with van der Waals surface area (Å²) in [4.78, 5) is 37.1. The van der Waals surface area contributed by atoms with Crippen LogP contribution < -0.4 is 15.5 Å². The third-order valence-corrected chi connectivity index (χ3v) is 4.41. The summed E-state index contributed by atoms with van der Waals surface area (Å²) in [6.45, 7) is 2.49. The fourth-order valence-corrected chi connectivity index (χ4v) is 3.01. The number of benzene rings is 1. The molecule has 0 atom stereocenters. The van der Waals surface area contributed by atoms with Gasteiger partial charge in [0.05, 0.1) is 0 Å². The molecule has 0 spiro atoms. The van der Waals surface area contributed by atoms with Crippen LogP contribution in [0.15, 0.2) is 18.2 Å². The van der Waals surface area contributed by atoms with E-state index in [4.69, 9.17) is 0 Å². The minimum atomic E-state index is -0.153. The van der Waals surface area contributed by atoms with Crippen molar-refractivity contribution in [1.29, 1.82) is 0 Å². The summed E-state index contributed by atoms with van der Waals surface area (Å²) in [5.41, 5.74) is 2.78. The number of aryl methyl sites for hydroxylation is 1. The summed E-state index contributed by atoms with van der Waals surface area (Å²) >= 11 is 0. The van der Waals surface area contributed by atoms with E-state index in [-0.39, 0.29) is 30.1 Å². The van der Waals surface area contributed by atoms with E-state index in [9.17, 15) is 14.4 Å². The molecule has 0 aromatic heterocycles. The fraction of sp³-hybridized carbons (Fsp3) is 0.500. The van der Waals surface area contributed by atoms with Crippen LogP contribution in [0.2, 0.25) is 0 Å². The zero-order chi connectivity index (χ0) is 17.1. The van der Waals surface area contributed by atoms with Crippen LogP contribution in [-0.2, 0) is 20.8 Å². The van der Waals surface area contributed by atoms with Crippen LogP contribution in [0.3, 0.4) is 0 Å². The summed E-state index contributed by atoms with van der Waals surface area (Å²) in [6, 6.07) is 5.76. The maximum atomic E-state index is 12.5. The van der Waals surface area contributed by atoms with Gasteiger partial charge in [-0.15, -0.1) is 0 Å². The van der Waals surface area contributed by atoms with Crippen molar-refractivity contribution in [3.05, 3.63) is 23.8 Å². The Morgan fingerprint density at radius 3 is 2.75 bits per heavy atom. The van der Waals surface area contributed by atoms with E-state index in [1.807, 2.05) is 23.1 Å². The quantitative estimate of drug-likeness (QED) is 0.865. The molecule has 1 aliphatic heterocycles. The Bertz CT molecular complexity index is 667. The van der Waals surface area contributed by atoms with Gasteiger partial charge in [-0.05, 0) is 43.4 Å². The predicted molar refractivity (Wildman–Crippen MR) is 91.8 cm³/mol. The van der Waals surface area contributed by atoms with E-state index in [0.29, 0.717) is 12.2 Å². The highest BCUT2D eigenvalue weighted by Crippen LogP contribution is 2.36. The smallest absolute Gasteiger partial charge is 0.230 e. The average molecular weight is 329 g/mol. The molecule has 1 heterocycles. The third-order valence-electron chi connectivity index (χ3n) is 4.41. The first-order valence-electron chi connectivity index (χ1n) is 8.53. The van der Waals surface area contributed by atoms with Gasteiger partial charge >= 0.3 is 0 Å². The van der Waals surface area contributed by atoms with E-state index in [1.54, 1.807) is 0 Å². The molecule has 0 bridgehead atoms. The zero-order valence-electron chi connectivity index (χ0n) is 13.9. The molecular weight excluding hydrogens is 306 g/mol. The lowest BCUT2D eigenvalue weighted by Gasteiger charge is -2.30. The Morgan fingerprint density at radius 1 is 1.25 bits per heavy atom. The number of hydrogen-bond donors (Lipinski definition) is 2. The number of carbonyl (C=O) groups is 3. The minimum absolute atomic E-state index is 0.147. The molecule has 0 radical (unpaired) electrons. The maximum absolute atomic E-state index is 12.5. The Labute approximate surface area is 141 Å². The van der Waals surface area contributed by atoms with Crippen molar-refractivity contribution in [3.63, 3.8) is 0 Å². The monoisotopic (exact) mass is 329 g/mol. The molecule has 0 saturated heterocycles. The van der Waals surface area contributed by atoms with Gasteiger partial charge in [0.2, 0.25) is 17.7 Å². The second-order valence-electron chi connectivity index (χ2n) is 6.49. The molecule has 2 aliphatic rings. The molecule has 1 aromatic carbocycles. The van der Waals surface area contributed by atoms with Crippen molar-refractivity contribution in [1.82, 2.24) is 5.32 Å². The van der Waals surface area contributed by atoms with Gasteiger partial charge < -0.3 is 15.5 Å². The van der Waals surface area contributed by atoms with E-state index in [0.717, 1.165) is 43.5 Å². The van der Waals surface area contributed by atoms with Crippen LogP contribution >= 0.6 is 0 Å². The normalized spacial score (nSPS) is 16.3. The van der Waals surface area contributed by atoms with Crippen LogP contribution in [0.1, 0.15) is 38.2 Å². The summed E-state index contributed by atoms with van der Waals surface area (Å²) in [6.07, 6.45) is 4.14. The van der Waals surface area contributed by atoms with Crippen molar-refractivity contribution in [2.24, 2.45) is 5.92 Å². The van der Waals surface area contributed by atoms with Gasteiger partial charge in [0, 0.05) is 43.7 Å². The van der Waals surface area contributed by atoms with Crippen molar-refractivity contribution >= 4 is 29.1 Å². The molecule has 3 amide bonds. The van der Waals surface area contributed by atoms with Gasteiger partial charge in [-0.2, -0.15) is 0 Å². The van der Waals surface area contributed by atoms with Crippen molar-refractivity contribution in [2.75, 3.05) is 23.3 Å². The van der Waals surface area contributed by atoms with Gasteiger partial charge in [0.25, 0.3) is 0 Å². The van der Waals surface area contributed by atoms with E-state index in [1.165, 1.54) is 6.92 Å². The van der Waals surface area contributed by atoms with Gasteiger partial charge in [0.15, 0.2) is 0 Å². The zero-order valence-corrected chi connectivity index (χ0v) is 13.9. The molecule has 1 aromatic rings. The lowest BCUT2D eigenvalue weighted by atomic mass is 10.0. The van der Waals surface area contributed by atoms with Crippen molar-refractivity contribution in [2.45, 2.75) is 39.0 Å². The standard InChI is InChI=1S/C18H23N3O3/c1-12(22)19-9-8-17(23)20-15-7-6-13-3-2-10-21(16(13)11-15)18(24)14-4-5-14/h6-7,11,14H,2-5,8-10H2,1H3,(H,19,22)(H,20,23). The number of anilines is 2. The fourth-order valence-electron chi connectivity index (χ4n) is 3.01. The first-order valence-corrected chi connectivity index (χ1v) is 8.53. The molecule has 2 N–H and O–H groups in total. The first-order chi connectivity index (χ1) is 11.5. The summed E-state index contributed by atoms with van der Waals surface area (Å²) in [5.74, 6) is 0.0994. The topological polar surface area (TPSA) is 78.5 Å². The first kappa shape index (κ1) is 16.5. The van der Waals surface area contributed by atoms with Crippen LogP contribution in [0.25, 0.3) is 0 Å². The summed E-state index contributed by atoms with van der Waals surface area (Å²) in [7, 11) is 0. The molecule has 6 heteroatoms. The van der Waals surface area contributed by atoms with E-state index >= 15 is 0 Å². The molecule has 1 saturated carbocycles. The molecule has 128 valence electrons. The Morgan fingerprint density at radius 2 is 2.04 bits per heavy atom. The van der Waals surface area contributed by atoms with Gasteiger partial charge in [-0.1, -0.05) is 6.07 Å². The van der Waals surface area contributed by atoms with Gasteiger partial charge in [0.1, 0.15) is 0 Å². The second kappa shape index (κ2) is 7.03. The number of carbonyl (C=O) groups excluding carboxylic acids is 3. The van der Waals surface area contributed by atoms with Gasteiger partial charge in [-0.3, -0.25) is 14.4 Å². The Hall–Kier alpha value is -2.37. The second-order valence-corrected chi connectivity index (χ2v) is 6.49. The largest absolute Gasteiger partial charge is 0.356 e.